The minimum absolute atomic E-state index is 0.0160. The van der Waals surface area contributed by atoms with Gasteiger partial charge in [-0.3, -0.25) is 0 Å². The molecule has 1 aliphatic carbocycles. The van der Waals surface area contributed by atoms with Crippen LogP contribution >= 0.6 is 0 Å². The first-order valence-corrected chi connectivity index (χ1v) is 6.34. The van der Waals surface area contributed by atoms with Crippen molar-refractivity contribution in [3.63, 3.8) is 0 Å². The maximum absolute atomic E-state index is 12.0. The largest absolute Gasteiger partial charge is 0.468 e. The summed E-state index contributed by atoms with van der Waals surface area (Å²) in [5.41, 5.74) is 0.799. The van der Waals surface area contributed by atoms with Crippen LogP contribution in [-0.4, -0.2) is 23.8 Å². The normalized spacial score (nSPS) is 17.1. The van der Waals surface area contributed by atoms with Crippen LogP contribution in [0.5, 0.6) is 5.88 Å². The fourth-order valence-electron chi connectivity index (χ4n) is 1.90. The summed E-state index contributed by atoms with van der Waals surface area (Å²) in [4.78, 5) is 3.84. The predicted octanol–water partition coefficient (Wildman–Crippen LogP) is 3.62. The van der Waals surface area contributed by atoms with Crippen molar-refractivity contribution in [1.82, 2.24) is 4.98 Å². The lowest BCUT2D eigenvalue weighted by Crippen LogP contribution is -2.19. The highest BCUT2D eigenvalue weighted by Gasteiger charge is 2.28. The van der Waals surface area contributed by atoms with Gasteiger partial charge in [-0.15, -0.1) is 0 Å². The molecular formula is C13H17F3N2O. The van der Waals surface area contributed by atoms with Crippen LogP contribution in [0.25, 0.3) is 0 Å². The van der Waals surface area contributed by atoms with Crippen LogP contribution in [0.1, 0.15) is 26.2 Å². The Kier molecular flexibility index (Phi) is 4.17. The van der Waals surface area contributed by atoms with Gasteiger partial charge in [0.05, 0.1) is 11.9 Å². The fourth-order valence-corrected chi connectivity index (χ4v) is 1.90. The summed E-state index contributed by atoms with van der Waals surface area (Å²) in [5.74, 6) is 0.808. The fraction of sp³-hybridized carbons (Fsp3) is 0.615. The summed E-state index contributed by atoms with van der Waals surface area (Å²) >= 11 is 0. The third-order valence-corrected chi connectivity index (χ3v) is 2.92. The summed E-state index contributed by atoms with van der Waals surface area (Å²) in [5, 5.41) is 3.27. The van der Waals surface area contributed by atoms with Crippen LogP contribution in [0.4, 0.5) is 18.9 Å². The number of ether oxygens (including phenoxy) is 1. The average Bonchev–Trinajstić information content (AvgIpc) is 3.11. The van der Waals surface area contributed by atoms with Crippen molar-refractivity contribution in [2.24, 2.45) is 5.92 Å². The Morgan fingerprint density at radius 2 is 2.16 bits per heavy atom. The summed E-state index contributed by atoms with van der Waals surface area (Å²) in [6, 6.07) is 3.47. The molecule has 0 radical (unpaired) electrons. The number of nitrogens with zero attached hydrogens (tertiary/aromatic N) is 1. The Morgan fingerprint density at radius 1 is 1.42 bits per heavy atom. The zero-order chi connectivity index (χ0) is 13.9. The van der Waals surface area contributed by atoms with E-state index in [2.05, 4.69) is 22.0 Å². The minimum Gasteiger partial charge on any atom is -0.468 e. The second-order valence-electron chi connectivity index (χ2n) is 5.01. The van der Waals surface area contributed by atoms with Crippen LogP contribution in [-0.2, 0) is 0 Å². The van der Waals surface area contributed by atoms with E-state index in [0.717, 1.165) is 18.0 Å². The molecule has 106 valence electrons. The quantitative estimate of drug-likeness (QED) is 0.860. The second-order valence-corrected chi connectivity index (χ2v) is 5.01. The lowest BCUT2D eigenvalue weighted by molar-refractivity contribution is -0.154. The van der Waals surface area contributed by atoms with E-state index in [0.29, 0.717) is 6.04 Å². The molecule has 1 aliphatic rings. The molecule has 1 heterocycles. The number of aromatic nitrogens is 1. The predicted molar refractivity (Wildman–Crippen MR) is 66.2 cm³/mol. The Bertz CT molecular complexity index is 401. The number of rotatable bonds is 6. The molecule has 19 heavy (non-hydrogen) atoms. The van der Waals surface area contributed by atoms with Crippen molar-refractivity contribution in [3.05, 3.63) is 18.3 Å². The van der Waals surface area contributed by atoms with Crippen molar-refractivity contribution in [2.75, 3.05) is 11.9 Å². The number of halogens is 3. The van der Waals surface area contributed by atoms with Crippen LogP contribution < -0.4 is 10.1 Å². The van der Waals surface area contributed by atoms with E-state index in [9.17, 15) is 13.2 Å². The van der Waals surface area contributed by atoms with E-state index in [4.69, 9.17) is 0 Å². The Labute approximate surface area is 110 Å². The number of hydrogen-bond donors (Lipinski definition) is 1. The van der Waals surface area contributed by atoms with Gasteiger partial charge >= 0.3 is 6.18 Å². The molecule has 2 rings (SSSR count). The van der Waals surface area contributed by atoms with Gasteiger partial charge in [0, 0.05) is 12.1 Å². The molecule has 1 aromatic rings. The van der Waals surface area contributed by atoms with Gasteiger partial charge in [0.15, 0.2) is 6.61 Å². The molecule has 1 unspecified atom stereocenters. The number of nitrogens with one attached hydrogen (secondary N) is 1. The summed E-state index contributed by atoms with van der Waals surface area (Å²) < 4.78 is 40.4. The highest BCUT2D eigenvalue weighted by Crippen LogP contribution is 2.34. The van der Waals surface area contributed by atoms with E-state index in [1.54, 1.807) is 6.07 Å². The number of alkyl halides is 3. The second kappa shape index (κ2) is 5.67. The van der Waals surface area contributed by atoms with Crippen LogP contribution in [0.2, 0.25) is 0 Å². The molecule has 0 aromatic carbocycles. The number of anilines is 1. The first kappa shape index (κ1) is 14.0. The molecule has 0 spiro atoms. The maximum Gasteiger partial charge on any atom is 0.422 e. The first-order valence-electron chi connectivity index (χ1n) is 6.34. The van der Waals surface area contributed by atoms with Crippen molar-refractivity contribution in [1.29, 1.82) is 0 Å². The Morgan fingerprint density at radius 3 is 2.68 bits per heavy atom. The molecule has 1 aromatic heterocycles. The standard InChI is InChI=1S/C13H17F3N2O/c1-9(6-10-2-3-10)18-11-4-5-12(17-7-11)19-8-13(14,15)16/h4-5,7,9-10,18H,2-3,6,8H2,1H3. The minimum atomic E-state index is -4.34. The Balaban J connectivity index is 1.80. The van der Waals surface area contributed by atoms with E-state index < -0.39 is 12.8 Å². The van der Waals surface area contributed by atoms with Gasteiger partial charge in [0.25, 0.3) is 0 Å². The molecule has 0 aliphatic heterocycles. The molecule has 1 fully saturated rings. The molecule has 1 atom stereocenters. The van der Waals surface area contributed by atoms with E-state index in [1.165, 1.54) is 25.1 Å². The number of hydrogen-bond acceptors (Lipinski definition) is 3. The SMILES string of the molecule is CC(CC1CC1)Nc1ccc(OCC(F)(F)F)nc1. The van der Waals surface area contributed by atoms with E-state index in [-0.39, 0.29) is 5.88 Å². The maximum atomic E-state index is 12.0. The van der Waals surface area contributed by atoms with E-state index in [1.807, 2.05) is 0 Å². The molecule has 1 N–H and O–H groups in total. The van der Waals surface area contributed by atoms with Gasteiger partial charge in [-0.2, -0.15) is 13.2 Å². The van der Waals surface area contributed by atoms with Crippen molar-refractivity contribution < 1.29 is 17.9 Å². The van der Waals surface area contributed by atoms with Gasteiger partial charge in [-0.05, 0) is 25.3 Å². The molecule has 0 saturated heterocycles. The summed E-state index contributed by atoms with van der Waals surface area (Å²) in [6.45, 7) is 0.775. The lowest BCUT2D eigenvalue weighted by atomic mass is 10.1. The van der Waals surface area contributed by atoms with Gasteiger partial charge in [0.1, 0.15) is 0 Å². The summed E-state index contributed by atoms with van der Waals surface area (Å²) in [7, 11) is 0. The third-order valence-electron chi connectivity index (χ3n) is 2.92. The van der Waals surface area contributed by atoms with Gasteiger partial charge in [-0.25, -0.2) is 4.98 Å². The molecular weight excluding hydrogens is 257 g/mol. The van der Waals surface area contributed by atoms with Crippen molar-refractivity contribution >= 4 is 5.69 Å². The topological polar surface area (TPSA) is 34.1 Å². The third kappa shape index (κ3) is 5.36. The van der Waals surface area contributed by atoms with Crippen LogP contribution in [0.3, 0.4) is 0 Å². The average molecular weight is 274 g/mol. The zero-order valence-electron chi connectivity index (χ0n) is 10.7. The Hall–Kier alpha value is -1.46. The first-order chi connectivity index (χ1) is 8.92. The van der Waals surface area contributed by atoms with Crippen LogP contribution in [0, 0.1) is 5.92 Å². The van der Waals surface area contributed by atoms with Crippen molar-refractivity contribution in [2.45, 2.75) is 38.4 Å². The highest BCUT2D eigenvalue weighted by atomic mass is 19.4. The molecule has 6 heteroatoms. The molecule has 3 nitrogen and oxygen atoms in total. The van der Waals surface area contributed by atoms with Crippen molar-refractivity contribution in [3.8, 4) is 5.88 Å². The smallest absolute Gasteiger partial charge is 0.422 e. The summed E-state index contributed by atoms with van der Waals surface area (Å²) in [6.07, 6.45) is 0.877. The van der Waals surface area contributed by atoms with E-state index >= 15 is 0 Å². The number of pyridine rings is 1. The molecule has 0 bridgehead atoms. The van der Waals surface area contributed by atoms with Crippen LogP contribution in [0.15, 0.2) is 18.3 Å². The molecule has 0 amide bonds. The van der Waals surface area contributed by atoms with Gasteiger partial charge in [0.2, 0.25) is 5.88 Å². The monoisotopic (exact) mass is 274 g/mol. The zero-order valence-corrected chi connectivity index (χ0v) is 10.7. The van der Waals surface area contributed by atoms with Gasteiger partial charge in [-0.1, -0.05) is 12.8 Å². The lowest BCUT2D eigenvalue weighted by Gasteiger charge is -2.15. The molecule has 1 saturated carbocycles. The highest BCUT2D eigenvalue weighted by molar-refractivity contribution is 5.42. The van der Waals surface area contributed by atoms with Gasteiger partial charge < -0.3 is 10.1 Å².